The maximum Gasteiger partial charge on any atom is 0.323 e. The SMILES string of the molecule is COc1ccc(CN(C)C[C@H]2OCCCC[C@H](C)Oc3ccc(NC(=O)Nc4ccc5c(c4)OCO5)cc3C(=O)N([C@@H](C)CO)C[C@H]2C)cc1. The minimum absolute atomic E-state index is 0.0636. The van der Waals surface area contributed by atoms with E-state index >= 15 is 0 Å². The highest BCUT2D eigenvalue weighted by Crippen LogP contribution is 2.34. The molecule has 3 N–H and O–H groups in total. The minimum atomic E-state index is -0.487. The summed E-state index contributed by atoms with van der Waals surface area (Å²) < 4.78 is 28.9. The number of methoxy groups -OCH3 is 1. The van der Waals surface area contributed by atoms with Crippen molar-refractivity contribution in [1.29, 1.82) is 0 Å². The minimum Gasteiger partial charge on any atom is -0.497 e. The summed E-state index contributed by atoms with van der Waals surface area (Å²) in [4.78, 5) is 31.4. The molecule has 2 aliphatic heterocycles. The van der Waals surface area contributed by atoms with Gasteiger partial charge in [0.1, 0.15) is 11.5 Å². The predicted molar refractivity (Wildman–Crippen MR) is 191 cm³/mol. The lowest BCUT2D eigenvalue weighted by atomic mass is 10.0. The van der Waals surface area contributed by atoms with E-state index in [9.17, 15) is 14.7 Å². The van der Waals surface area contributed by atoms with Crippen LogP contribution in [0, 0.1) is 5.92 Å². The summed E-state index contributed by atoms with van der Waals surface area (Å²) in [5, 5.41) is 15.9. The third-order valence-corrected chi connectivity index (χ3v) is 9.04. The number of benzene rings is 3. The molecule has 2 aliphatic rings. The summed E-state index contributed by atoms with van der Waals surface area (Å²) in [7, 11) is 3.72. The quantitative estimate of drug-likeness (QED) is 0.248. The van der Waals surface area contributed by atoms with E-state index in [0.29, 0.717) is 53.9 Å². The van der Waals surface area contributed by atoms with Crippen molar-refractivity contribution < 1.29 is 38.4 Å². The maximum absolute atomic E-state index is 14.4. The van der Waals surface area contributed by atoms with Crippen LogP contribution < -0.4 is 29.6 Å². The summed E-state index contributed by atoms with van der Waals surface area (Å²) >= 11 is 0. The number of anilines is 2. The number of hydrogen-bond donors (Lipinski definition) is 3. The smallest absolute Gasteiger partial charge is 0.323 e. The highest BCUT2D eigenvalue weighted by atomic mass is 16.7. The molecule has 3 aromatic carbocycles. The zero-order chi connectivity index (χ0) is 35.6. The highest BCUT2D eigenvalue weighted by molar-refractivity contribution is 6.02. The van der Waals surface area contributed by atoms with Crippen LogP contribution in [0.1, 0.15) is 56.0 Å². The second kappa shape index (κ2) is 17.4. The Balaban J connectivity index is 1.35. The Kier molecular flexibility index (Phi) is 12.8. The zero-order valence-electron chi connectivity index (χ0n) is 29.6. The van der Waals surface area contributed by atoms with Gasteiger partial charge in [0.25, 0.3) is 5.91 Å². The van der Waals surface area contributed by atoms with E-state index in [2.05, 4.69) is 41.6 Å². The molecule has 0 spiro atoms. The number of nitrogens with zero attached hydrogens (tertiary/aromatic N) is 2. The highest BCUT2D eigenvalue weighted by Gasteiger charge is 2.30. The molecule has 0 fully saturated rings. The first-order valence-corrected chi connectivity index (χ1v) is 17.3. The van der Waals surface area contributed by atoms with E-state index in [0.717, 1.165) is 37.1 Å². The van der Waals surface area contributed by atoms with Crippen molar-refractivity contribution in [3.63, 3.8) is 0 Å². The van der Waals surface area contributed by atoms with Crippen LogP contribution >= 0.6 is 0 Å². The van der Waals surface area contributed by atoms with Crippen LogP contribution in [0.2, 0.25) is 0 Å². The fourth-order valence-electron chi connectivity index (χ4n) is 6.15. The van der Waals surface area contributed by atoms with Crippen LogP contribution in [0.5, 0.6) is 23.0 Å². The molecule has 0 saturated heterocycles. The van der Waals surface area contributed by atoms with E-state index in [-0.39, 0.29) is 37.4 Å². The molecule has 0 radical (unpaired) electrons. The molecular formula is C38H50N4O8. The fourth-order valence-corrected chi connectivity index (χ4v) is 6.15. The van der Waals surface area contributed by atoms with Crippen LogP contribution in [0.25, 0.3) is 0 Å². The van der Waals surface area contributed by atoms with Gasteiger partial charge in [0.15, 0.2) is 11.5 Å². The largest absolute Gasteiger partial charge is 0.497 e. The zero-order valence-corrected chi connectivity index (χ0v) is 29.6. The number of aliphatic hydroxyl groups is 1. The number of carbonyl (C=O) groups is 2. The van der Waals surface area contributed by atoms with Gasteiger partial charge >= 0.3 is 6.03 Å². The van der Waals surface area contributed by atoms with Crippen molar-refractivity contribution in [2.45, 2.75) is 64.8 Å². The van der Waals surface area contributed by atoms with Gasteiger partial charge in [-0.3, -0.25) is 9.69 Å². The van der Waals surface area contributed by atoms with Crippen LogP contribution in [0.3, 0.4) is 0 Å². The van der Waals surface area contributed by atoms with Gasteiger partial charge in [0.2, 0.25) is 6.79 Å². The molecule has 2 heterocycles. The molecule has 3 amide bonds. The van der Waals surface area contributed by atoms with Gasteiger partial charge in [0, 0.05) is 49.6 Å². The van der Waals surface area contributed by atoms with E-state index in [1.165, 1.54) is 0 Å². The lowest BCUT2D eigenvalue weighted by molar-refractivity contribution is -0.0177. The fraction of sp³-hybridized carbons (Fsp3) is 0.474. The van der Waals surface area contributed by atoms with E-state index in [1.54, 1.807) is 48.4 Å². The second-order valence-corrected chi connectivity index (χ2v) is 13.2. The van der Waals surface area contributed by atoms with Crippen LogP contribution in [-0.4, -0.2) is 92.3 Å². The Hall–Kier alpha value is -4.52. The number of fused-ring (bicyclic) bond motifs is 2. The third-order valence-electron chi connectivity index (χ3n) is 9.04. The van der Waals surface area contributed by atoms with Crippen molar-refractivity contribution in [3.05, 3.63) is 71.8 Å². The number of aliphatic hydroxyl groups excluding tert-OH is 1. The average Bonchev–Trinajstić information content (AvgIpc) is 3.58. The average molecular weight is 691 g/mol. The van der Waals surface area contributed by atoms with Crippen LogP contribution in [-0.2, 0) is 11.3 Å². The van der Waals surface area contributed by atoms with Gasteiger partial charge in [-0.05, 0) is 88.2 Å². The molecule has 5 rings (SSSR count). The lowest BCUT2D eigenvalue weighted by Crippen LogP contribution is -2.47. The number of likely N-dealkylation sites (N-methyl/N-ethyl adjacent to an activating group) is 1. The third kappa shape index (κ3) is 9.80. The van der Waals surface area contributed by atoms with Crippen molar-refractivity contribution in [1.82, 2.24) is 9.80 Å². The number of amides is 3. The summed E-state index contributed by atoms with van der Waals surface area (Å²) in [6, 6.07) is 17.3. The maximum atomic E-state index is 14.4. The summed E-state index contributed by atoms with van der Waals surface area (Å²) in [5.74, 6) is 2.04. The van der Waals surface area contributed by atoms with Crippen LogP contribution in [0.4, 0.5) is 16.2 Å². The van der Waals surface area contributed by atoms with Gasteiger partial charge in [-0.2, -0.15) is 0 Å². The van der Waals surface area contributed by atoms with Gasteiger partial charge in [-0.15, -0.1) is 0 Å². The molecule has 0 bridgehead atoms. The van der Waals surface area contributed by atoms with Crippen molar-refractivity contribution in [2.24, 2.45) is 5.92 Å². The van der Waals surface area contributed by atoms with E-state index in [4.69, 9.17) is 23.7 Å². The van der Waals surface area contributed by atoms with Crippen molar-refractivity contribution in [2.75, 3.05) is 57.9 Å². The molecule has 0 aliphatic carbocycles. The Morgan fingerprint density at radius 2 is 1.70 bits per heavy atom. The predicted octanol–water partition coefficient (Wildman–Crippen LogP) is 6.00. The number of ether oxygens (including phenoxy) is 5. The first kappa shape index (κ1) is 36.8. The number of urea groups is 1. The standard InChI is InChI=1S/C38H50N4O8/c1-25-20-42(26(2)23-43)37(44)32-18-29(39-38(45)40-30-12-16-34-35(19-30)49-24-48-34)11-15-33(32)50-27(3)8-6-7-17-47-36(25)22-41(4)21-28-9-13-31(46-5)14-10-28/h9-16,18-19,25-27,36,43H,6-8,17,20-24H2,1-5H3,(H2,39,40,45)/t25-,26+,27+,36-/m1/s1. The molecule has 0 aromatic heterocycles. The first-order valence-electron chi connectivity index (χ1n) is 17.3. The molecule has 12 nitrogen and oxygen atoms in total. The van der Waals surface area contributed by atoms with Gasteiger partial charge in [-0.1, -0.05) is 19.1 Å². The van der Waals surface area contributed by atoms with Gasteiger partial charge in [0.05, 0.1) is 37.5 Å². The number of hydrogen-bond acceptors (Lipinski definition) is 9. The first-order chi connectivity index (χ1) is 24.1. The number of rotatable bonds is 9. The molecule has 0 saturated carbocycles. The molecule has 50 heavy (non-hydrogen) atoms. The Morgan fingerprint density at radius 1 is 1.00 bits per heavy atom. The molecule has 4 atom stereocenters. The van der Waals surface area contributed by atoms with E-state index < -0.39 is 12.1 Å². The topological polar surface area (TPSA) is 131 Å². The molecular weight excluding hydrogens is 640 g/mol. The normalized spacial score (nSPS) is 20.3. The Bertz CT molecular complexity index is 1590. The van der Waals surface area contributed by atoms with Crippen molar-refractivity contribution in [3.8, 4) is 23.0 Å². The van der Waals surface area contributed by atoms with E-state index in [1.807, 2.05) is 26.0 Å². The van der Waals surface area contributed by atoms with Crippen molar-refractivity contribution >= 4 is 23.3 Å². The van der Waals surface area contributed by atoms with Gasteiger partial charge < -0.3 is 44.3 Å². The number of carbonyl (C=O) groups excluding carboxylic acids is 2. The summed E-state index contributed by atoms with van der Waals surface area (Å²) in [6.07, 6.45) is 2.24. The molecule has 3 aromatic rings. The number of nitrogens with one attached hydrogen (secondary N) is 2. The monoisotopic (exact) mass is 690 g/mol. The Labute approximate surface area is 294 Å². The van der Waals surface area contributed by atoms with Crippen LogP contribution in [0.15, 0.2) is 60.7 Å². The molecule has 0 unspecified atom stereocenters. The Morgan fingerprint density at radius 3 is 2.42 bits per heavy atom. The summed E-state index contributed by atoms with van der Waals surface area (Å²) in [6.45, 7) is 8.14. The molecule has 12 heteroatoms. The molecule has 270 valence electrons. The summed E-state index contributed by atoms with van der Waals surface area (Å²) in [5.41, 5.74) is 2.41. The second-order valence-electron chi connectivity index (χ2n) is 13.2. The lowest BCUT2D eigenvalue weighted by Gasteiger charge is -2.36. The van der Waals surface area contributed by atoms with Gasteiger partial charge in [-0.25, -0.2) is 4.79 Å².